The summed E-state index contributed by atoms with van der Waals surface area (Å²) in [6, 6.07) is 22.0. The Kier molecular flexibility index (Phi) is 5.12. The summed E-state index contributed by atoms with van der Waals surface area (Å²) in [5.74, 6) is 2.59. The summed E-state index contributed by atoms with van der Waals surface area (Å²) in [6.45, 7) is 3.84. The number of para-hydroxylation sites is 2. The third-order valence-electron chi connectivity index (χ3n) is 4.43. The van der Waals surface area contributed by atoms with E-state index in [2.05, 4.69) is 0 Å². The molecule has 0 N–H and O–H groups in total. The molecule has 0 radical (unpaired) electrons. The summed E-state index contributed by atoms with van der Waals surface area (Å²) in [7, 11) is 0. The minimum absolute atomic E-state index is 0.206. The average molecular weight is 390 g/mol. The van der Waals surface area contributed by atoms with Gasteiger partial charge in [-0.25, -0.2) is 4.79 Å². The number of hydrogen-bond acceptors (Lipinski definition) is 5. The summed E-state index contributed by atoms with van der Waals surface area (Å²) in [4.78, 5) is 12.2. The van der Waals surface area contributed by atoms with Gasteiger partial charge in [-0.15, -0.1) is 0 Å². The molecule has 3 aromatic carbocycles. The molecule has 4 rings (SSSR count). The lowest BCUT2D eigenvalue weighted by Gasteiger charge is -2.18. The molecule has 1 aliphatic rings. The van der Waals surface area contributed by atoms with Gasteiger partial charge in [0.15, 0.2) is 18.1 Å². The average Bonchev–Trinajstić information content (AvgIpc) is 3.03. The van der Waals surface area contributed by atoms with Crippen LogP contribution >= 0.6 is 0 Å². The van der Waals surface area contributed by atoms with Gasteiger partial charge in [-0.3, -0.25) is 0 Å². The third-order valence-corrected chi connectivity index (χ3v) is 4.43. The third kappa shape index (κ3) is 4.69. The second-order valence-corrected chi connectivity index (χ2v) is 7.43. The molecule has 0 aliphatic carbocycles. The Hall–Kier alpha value is -3.47. The maximum absolute atomic E-state index is 12.2. The highest BCUT2D eigenvalue weighted by Crippen LogP contribution is 2.41. The minimum atomic E-state index is -0.489. The van der Waals surface area contributed by atoms with Crippen LogP contribution in [0.3, 0.4) is 0 Å². The van der Waals surface area contributed by atoms with Crippen molar-refractivity contribution in [3.8, 4) is 28.7 Å². The Morgan fingerprint density at radius 3 is 2.34 bits per heavy atom. The topological polar surface area (TPSA) is 54.0 Å². The molecule has 148 valence electrons. The van der Waals surface area contributed by atoms with Crippen LogP contribution in [0, 0.1) is 0 Å². The molecular weight excluding hydrogens is 368 g/mol. The zero-order valence-electron chi connectivity index (χ0n) is 16.4. The fourth-order valence-electron chi connectivity index (χ4n) is 3.20. The first-order valence-corrected chi connectivity index (χ1v) is 9.46. The number of fused-ring (bicyclic) bond motifs is 1. The van der Waals surface area contributed by atoms with Crippen molar-refractivity contribution < 1.29 is 23.7 Å². The van der Waals surface area contributed by atoms with Crippen LogP contribution in [0.2, 0.25) is 0 Å². The number of ether oxygens (including phenoxy) is 4. The van der Waals surface area contributed by atoms with Gasteiger partial charge in [-0.05, 0) is 56.3 Å². The summed E-state index contributed by atoms with van der Waals surface area (Å²) in [5.41, 5.74) is 0.807. The molecule has 5 heteroatoms. The smallest absolute Gasteiger partial charge is 0.349 e. The van der Waals surface area contributed by atoms with Gasteiger partial charge in [-0.2, -0.15) is 0 Å². The molecule has 0 atom stereocenters. The second kappa shape index (κ2) is 7.87. The van der Waals surface area contributed by atoms with Gasteiger partial charge in [0.25, 0.3) is 0 Å². The monoisotopic (exact) mass is 390 g/mol. The van der Waals surface area contributed by atoms with Crippen LogP contribution in [-0.4, -0.2) is 18.2 Å². The molecule has 0 saturated heterocycles. The van der Waals surface area contributed by atoms with Crippen LogP contribution in [0.15, 0.2) is 72.8 Å². The highest BCUT2D eigenvalue weighted by Gasteiger charge is 2.32. The van der Waals surface area contributed by atoms with Crippen molar-refractivity contribution in [1.29, 1.82) is 0 Å². The quantitative estimate of drug-likeness (QED) is 0.429. The van der Waals surface area contributed by atoms with E-state index >= 15 is 0 Å². The van der Waals surface area contributed by atoms with E-state index in [9.17, 15) is 4.79 Å². The first kappa shape index (κ1) is 18.9. The number of carbonyl (C=O) groups excluding carboxylic acids is 1. The first-order valence-electron chi connectivity index (χ1n) is 9.46. The Balaban J connectivity index is 1.32. The van der Waals surface area contributed by atoms with Crippen LogP contribution in [-0.2, 0) is 11.2 Å². The second-order valence-electron chi connectivity index (χ2n) is 7.43. The Morgan fingerprint density at radius 2 is 1.59 bits per heavy atom. The molecule has 29 heavy (non-hydrogen) atoms. The Morgan fingerprint density at radius 1 is 0.897 bits per heavy atom. The summed E-state index contributed by atoms with van der Waals surface area (Å²) in [6.07, 6.45) is 0.807. The van der Waals surface area contributed by atoms with Gasteiger partial charge in [0, 0.05) is 12.0 Å². The minimum Gasteiger partial charge on any atom is -0.483 e. The van der Waals surface area contributed by atoms with Crippen LogP contribution in [0.4, 0.5) is 0 Å². The number of carbonyl (C=O) groups is 1. The highest BCUT2D eigenvalue weighted by atomic mass is 16.6. The van der Waals surface area contributed by atoms with Crippen molar-refractivity contribution in [1.82, 2.24) is 0 Å². The van der Waals surface area contributed by atoms with Crippen LogP contribution in [0.25, 0.3) is 0 Å². The van der Waals surface area contributed by atoms with E-state index in [4.69, 9.17) is 18.9 Å². The van der Waals surface area contributed by atoms with E-state index in [1.165, 1.54) is 0 Å². The lowest BCUT2D eigenvalue weighted by Crippen LogP contribution is -2.25. The maximum Gasteiger partial charge on any atom is 0.349 e. The standard InChI is InChI=1S/C24H22O5/c1-24(2)15-17-7-6-10-21(23(17)29-24)26-16-22(25)28-20-13-11-19(12-14-20)27-18-8-4-3-5-9-18/h3-14H,15-16H2,1-2H3. The van der Waals surface area contributed by atoms with Crippen molar-refractivity contribution in [2.45, 2.75) is 25.9 Å². The van der Waals surface area contributed by atoms with Gasteiger partial charge >= 0.3 is 5.97 Å². The fraction of sp³-hybridized carbons (Fsp3) is 0.208. The highest BCUT2D eigenvalue weighted by molar-refractivity contribution is 5.74. The van der Waals surface area contributed by atoms with E-state index in [0.717, 1.165) is 17.7 Å². The van der Waals surface area contributed by atoms with Crippen molar-refractivity contribution in [2.75, 3.05) is 6.61 Å². The van der Waals surface area contributed by atoms with Crippen LogP contribution < -0.4 is 18.9 Å². The normalized spacial score (nSPS) is 13.9. The number of hydrogen-bond donors (Lipinski definition) is 0. The molecule has 5 nitrogen and oxygen atoms in total. The van der Waals surface area contributed by atoms with Crippen molar-refractivity contribution >= 4 is 5.97 Å². The van der Waals surface area contributed by atoms with E-state index < -0.39 is 5.97 Å². The summed E-state index contributed by atoms with van der Waals surface area (Å²) >= 11 is 0. The number of esters is 1. The Labute approximate surface area is 169 Å². The van der Waals surface area contributed by atoms with Crippen molar-refractivity contribution in [3.05, 3.63) is 78.4 Å². The van der Waals surface area contributed by atoms with Gasteiger partial charge in [0.2, 0.25) is 0 Å². The molecule has 0 unspecified atom stereocenters. The summed E-state index contributed by atoms with van der Waals surface area (Å²) in [5, 5.41) is 0. The lowest BCUT2D eigenvalue weighted by molar-refractivity contribution is -0.136. The van der Waals surface area contributed by atoms with E-state index in [-0.39, 0.29) is 12.2 Å². The molecule has 0 amide bonds. The molecule has 0 fully saturated rings. The van der Waals surface area contributed by atoms with Gasteiger partial charge in [-0.1, -0.05) is 30.3 Å². The SMILES string of the molecule is CC1(C)Cc2cccc(OCC(=O)Oc3ccc(Oc4ccccc4)cc3)c2O1. The van der Waals surface area contributed by atoms with Gasteiger partial charge < -0.3 is 18.9 Å². The van der Waals surface area contributed by atoms with Crippen LogP contribution in [0.1, 0.15) is 19.4 Å². The molecule has 1 aliphatic heterocycles. The van der Waals surface area contributed by atoms with E-state index in [1.807, 2.05) is 56.3 Å². The zero-order valence-corrected chi connectivity index (χ0v) is 16.4. The van der Waals surface area contributed by atoms with Gasteiger partial charge in [0.1, 0.15) is 22.8 Å². The summed E-state index contributed by atoms with van der Waals surface area (Å²) < 4.78 is 22.7. The fourth-order valence-corrected chi connectivity index (χ4v) is 3.20. The number of benzene rings is 3. The molecule has 0 bridgehead atoms. The van der Waals surface area contributed by atoms with Crippen molar-refractivity contribution in [2.24, 2.45) is 0 Å². The largest absolute Gasteiger partial charge is 0.483 e. The molecular formula is C24H22O5. The lowest BCUT2D eigenvalue weighted by atomic mass is 10.0. The number of rotatable bonds is 6. The molecule has 0 saturated carbocycles. The van der Waals surface area contributed by atoms with Gasteiger partial charge in [0.05, 0.1) is 0 Å². The first-order chi connectivity index (χ1) is 14.0. The molecule has 0 aromatic heterocycles. The maximum atomic E-state index is 12.2. The molecule has 3 aromatic rings. The molecule has 0 spiro atoms. The van der Waals surface area contributed by atoms with Crippen LogP contribution in [0.5, 0.6) is 28.7 Å². The predicted molar refractivity (Wildman–Crippen MR) is 109 cm³/mol. The zero-order chi connectivity index (χ0) is 20.3. The molecule has 1 heterocycles. The van der Waals surface area contributed by atoms with E-state index in [0.29, 0.717) is 23.0 Å². The van der Waals surface area contributed by atoms with E-state index in [1.54, 1.807) is 30.3 Å². The van der Waals surface area contributed by atoms with Crippen molar-refractivity contribution in [3.63, 3.8) is 0 Å². The predicted octanol–water partition coefficient (Wildman–Crippen LogP) is 5.18. The Bertz CT molecular complexity index is 994.